The number of likely N-dealkylation sites (tertiary alicyclic amines) is 1. The summed E-state index contributed by atoms with van der Waals surface area (Å²) in [6.45, 7) is 3.68. The summed E-state index contributed by atoms with van der Waals surface area (Å²) in [6.07, 6.45) is 1.38. The second kappa shape index (κ2) is 5.00. The van der Waals surface area contributed by atoms with Gasteiger partial charge in [0.2, 0.25) is 0 Å². The van der Waals surface area contributed by atoms with Crippen LogP contribution in [0, 0.1) is 6.92 Å². The Morgan fingerprint density at radius 1 is 1.35 bits per heavy atom. The average molecular weight is 274 g/mol. The molecule has 1 fully saturated rings. The molecule has 1 amide bonds. The van der Waals surface area contributed by atoms with Gasteiger partial charge in [-0.1, -0.05) is 11.6 Å². The summed E-state index contributed by atoms with van der Waals surface area (Å²) in [6, 6.07) is 5.50. The second-order valence-corrected chi connectivity index (χ2v) is 5.60. The molecule has 0 aliphatic carbocycles. The lowest BCUT2D eigenvalue weighted by Crippen LogP contribution is -2.46. The number of hydrogen-bond acceptors (Lipinski definition) is 4. The van der Waals surface area contributed by atoms with Gasteiger partial charge in [0.15, 0.2) is 0 Å². The van der Waals surface area contributed by atoms with Gasteiger partial charge in [0.25, 0.3) is 5.78 Å². The Morgan fingerprint density at radius 3 is 2.90 bits per heavy atom. The number of amides is 1. The van der Waals surface area contributed by atoms with E-state index < -0.39 is 11.7 Å². The highest BCUT2D eigenvalue weighted by atomic mass is 16.3. The van der Waals surface area contributed by atoms with Crippen molar-refractivity contribution in [1.29, 1.82) is 0 Å². The molecule has 106 valence electrons. The summed E-state index contributed by atoms with van der Waals surface area (Å²) < 4.78 is 0. The fraction of sp³-hybridized carbons (Fsp3) is 0.467. The first-order valence-corrected chi connectivity index (χ1v) is 6.93. The second-order valence-electron chi connectivity index (χ2n) is 5.60. The molecule has 20 heavy (non-hydrogen) atoms. The predicted octanol–water partition coefficient (Wildman–Crippen LogP) is 0.939. The molecule has 0 aromatic heterocycles. The first kappa shape index (κ1) is 13.3. The number of piperidine rings is 1. The van der Waals surface area contributed by atoms with Crippen LogP contribution < -0.4 is 4.90 Å². The number of rotatable bonds is 2. The Balaban J connectivity index is 1.84. The zero-order valence-corrected chi connectivity index (χ0v) is 11.5. The third-order valence-electron chi connectivity index (χ3n) is 3.95. The van der Waals surface area contributed by atoms with Crippen molar-refractivity contribution in [2.75, 3.05) is 24.7 Å². The van der Waals surface area contributed by atoms with Crippen molar-refractivity contribution < 1.29 is 14.7 Å². The van der Waals surface area contributed by atoms with Crippen molar-refractivity contribution >= 4 is 17.4 Å². The van der Waals surface area contributed by atoms with Gasteiger partial charge in [-0.15, -0.1) is 0 Å². The predicted molar refractivity (Wildman–Crippen MR) is 74.7 cm³/mol. The molecule has 5 nitrogen and oxygen atoms in total. The van der Waals surface area contributed by atoms with Crippen molar-refractivity contribution in [1.82, 2.24) is 4.90 Å². The quantitative estimate of drug-likeness (QED) is 0.815. The van der Waals surface area contributed by atoms with Crippen LogP contribution in [0.5, 0.6) is 0 Å². The van der Waals surface area contributed by atoms with E-state index in [1.54, 1.807) is 6.07 Å². The molecule has 1 aromatic carbocycles. The van der Waals surface area contributed by atoms with E-state index in [0.717, 1.165) is 24.9 Å². The van der Waals surface area contributed by atoms with Crippen molar-refractivity contribution in [3.63, 3.8) is 0 Å². The van der Waals surface area contributed by atoms with Crippen LogP contribution >= 0.6 is 0 Å². The van der Waals surface area contributed by atoms with Gasteiger partial charge in [-0.2, -0.15) is 0 Å². The van der Waals surface area contributed by atoms with Crippen LogP contribution in [-0.2, 0) is 4.79 Å². The Hall–Kier alpha value is -1.72. The van der Waals surface area contributed by atoms with E-state index in [2.05, 4.69) is 0 Å². The van der Waals surface area contributed by atoms with Gasteiger partial charge in [0.1, 0.15) is 0 Å². The van der Waals surface area contributed by atoms with Gasteiger partial charge >= 0.3 is 5.91 Å². The van der Waals surface area contributed by atoms with Gasteiger partial charge in [-0.05, 0) is 31.9 Å². The van der Waals surface area contributed by atoms with E-state index in [1.165, 1.54) is 4.90 Å². The topological polar surface area (TPSA) is 60.9 Å². The van der Waals surface area contributed by atoms with Gasteiger partial charge < -0.3 is 5.11 Å². The van der Waals surface area contributed by atoms with E-state index in [1.807, 2.05) is 24.0 Å². The molecule has 5 heteroatoms. The van der Waals surface area contributed by atoms with Gasteiger partial charge in [0, 0.05) is 13.1 Å². The minimum atomic E-state index is -0.467. The number of β-amino-alcohol motifs (C(OH)–C–C–N with tert-alkyl or cyclic N) is 1. The molecule has 0 bridgehead atoms. The number of ketones is 1. The zero-order valence-electron chi connectivity index (χ0n) is 11.5. The van der Waals surface area contributed by atoms with Crippen LogP contribution in [0.25, 0.3) is 0 Å². The van der Waals surface area contributed by atoms with Crippen LogP contribution in [0.15, 0.2) is 18.2 Å². The van der Waals surface area contributed by atoms with Crippen molar-refractivity contribution in [3.05, 3.63) is 29.3 Å². The van der Waals surface area contributed by atoms with Crippen LogP contribution in [-0.4, -0.2) is 47.6 Å². The monoisotopic (exact) mass is 274 g/mol. The summed E-state index contributed by atoms with van der Waals surface area (Å²) in [7, 11) is 0. The number of benzene rings is 1. The molecular formula is C15H18N2O3. The van der Waals surface area contributed by atoms with Crippen LogP contribution in [0.2, 0.25) is 0 Å². The number of hydrogen-bond donors (Lipinski definition) is 1. The Kier molecular flexibility index (Phi) is 3.31. The van der Waals surface area contributed by atoms with Crippen molar-refractivity contribution in [3.8, 4) is 0 Å². The van der Waals surface area contributed by atoms with E-state index >= 15 is 0 Å². The summed E-state index contributed by atoms with van der Waals surface area (Å²) in [4.78, 5) is 27.7. The minimum Gasteiger partial charge on any atom is -0.392 e. The first-order chi connectivity index (χ1) is 9.56. The molecule has 3 rings (SSSR count). The largest absolute Gasteiger partial charge is 0.392 e. The summed E-state index contributed by atoms with van der Waals surface area (Å²) >= 11 is 0. The molecule has 1 aromatic rings. The molecule has 1 atom stereocenters. The molecule has 0 spiro atoms. The summed E-state index contributed by atoms with van der Waals surface area (Å²) in [5, 5.41) is 9.69. The van der Waals surface area contributed by atoms with Crippen LogP contribution in [0.1, 0.15) is 28.8 Å². The van der Waals surface area contributed by atoms with Gasteiger partial charge in [-0.25, -0.2) is 0 Å². The van der Waals surface area contributed by atoms with E-state index in [-0.39, 0.29) is 6.10 Å². The van der Waals surface area contributed by atoms with E-state index in [0.29, 0.717) is 24.5 Å². The van der Waals surface area contributed by atoms with E-state index in [4.69, 9.17) is 0 Å². The number of anilines is 1. The third-order valence-corrected chi connectivity index (χ3v) is 3.95. The molecule has 2 aliphatic rings. The molecule has 1 N–H and O–H groups in total. The number of aliphatic hydroxyl groups is 1. The fourth-order valence-electron chi connectivity index (χ4n) is 2.91. The molecule has 1 saturated heterocycles. The zero-order chi connectivity index (χ0) is 14.3. The van der Waals surface area contributed by atoms with Crippen LogP contribution in [0.4, 0.5) is 5.69 Å². The highest BCUT2D eigenvalue weighted by Gasteiger charge is 2.37. The SMILES string of the molecule is Cc1ccc2c(c1)C(=O)C(=O)N2CN1CCC[C@H](O)C1. The number of fused-ring (bicyclic) bond motifs is 1. The van der Waals surface area contributed by atoms with Crippen molar-refractivity contribution in [2.45, 2.75) is 25.9 Å². The molecule has 0 saturated carbocycles. The van der Waals surface area contributed by atoms with Gasteiger partial charge in [-0.3, -0.25) is 19.4 Å². The molecular weight excluding hydrogens is 256 g/mol. The number of aliphatic hydroxyl groups excluding tert-OH is 1. The lowest BCUT2D eigenvalue weighted by molar-refractivity contribution is -0.114. The Bertz CT molecular complexity index is 570. The lowest BCUT2D eigenvalue weighted by atomic mass is 10.1. The Labute approximate surface area is 117 Å². The maximum absolute atomic E-state index is 12.1. The standard InChI is InChI=1S/C15H18N2O3/c1-10-4-5-13-12(7-10)14(19)15(20)17(13)9-16-6-2-3-11(18)8-16/h4-5,7,11,18H,2-3,6,8-9H2,1H3/t11-/m0/s1. The number of nitrogens with zero attached hydrogens (tertiary/aromatic N) is 2. The number of carbonyl (C=O) groups is 2. The summed E-state index contributed by atoms with van der Waals surface area (Å²) in [5.41, 5.74) is 2.15. The molecule has 2 aliphatic heterocycles. The highest BCUT2D eigenvalue weighted by molar-refractivity contribution is 6.52. The lowest BCUT2D eigenvalue weighted by Gasteiger charge is -2.33. The average Bonchev–Trinajstić information content (AvgIpc) is 2.64. The van der Waals surface area contributed by atoms with Crippen LogP contribution in [0.3, 0.4) is 0 Å². The third kappa shape index (κ3) is 2.23. The van der Waals surface area contributed by atoms with Gasteiger partial charge in [0.05, 0.1) is 24.0 Å². The highest BCUT2D eigenvalue weighted by Crippen LogP contribution is 2.30. The molecule has 0 unspecified atom stereocenters. The number of aryl methyl sites for hydroxylation is 1. The maximum Gasteiger partial charge on any atom is 0.300 e. The maximum atomic E-state index is 12.1. The Morgan fingerprint density at radius 2 is 2.15 bits per heavy atom. The summed E-state index contributed by atoms with van der Waals surface area (Å²) in [5.74, 6) is -0.896. The molecule has 0 radical (unpaired) electrons. The first-order valence-electron chi connectivity index (χ1n) is 6.93. The fourth-order valence-corrected chi connectivity index (χ4v) is 2.91. The normalized spacial score (nSPS) is 23.3. The minimum absolute atomic E-state index is 0.338. The number of Topliss-reactive ketones (excluding diaryl/α,β-unsaturated/α-hetero) is 1. The smallest absolute Gasteiger partial charge is 0.300 e. The molecule has 2 heterocycles. The van der Waals surface area contributed by atoms with Crippen molar-refractivity contribution in [2.24, 2.45) is 0 Å². The number of carbonyl (C=O) groups excluding carboxylic acids is 2. The van der Waals surface area contributed by atoms with E-state index in [9.17, 15) is 14.7 Å².